The third-order valence-corrected chi connectivity index (χ3v) is 3.19. The normalized spacial score (nSPS) is 10.9. The van der Waals surface area contributed by atoms with Gasteiger partial charge < -0.3 is 19.9 Å². The largest absolute Gasteiger partial charge is 0.383 e. The van der Waals surface area contributed by atoms with Crippen molar-refractivity contribution >= 4 is 16.9 Å². The van der Waals surface area contributed by atoms with Crippen LogP contribution in [0.3, 0.4) is 0 Å². The highest BCUT2D eigenvalue weighted by molar-refractivity contribution is 5.78. The minimum atomic E-state index is 0.0154. The van der Waals surface area contributed by atoms with E-state index in [2.05, 4.69) is 26.3 Å². The zero-order valence-electron chi connectivity index (χ0n) is 12.3. The Morgan fingerprint density at radius 1 is 1.33 bits per heavy atom. The number of carbonyl (C=O) groups excluding carboxylic acids is 1. The maximum Gasteiger partial charge on any atom is 0.233 e. The maximum absolute atomic E-state index is 11.5. The quantitative estimate of drug-likeness (QED) is 0.670. The van der Waals surface area contributed by atoms with Gasteiger partial charge in [0.2, 0.25) is 5.91 Å². The van der Waals surface area contributed by atoms with E-state index in [1.807, 2.05) is 24.5 Å². The summed E-state index contributed by atoms with van der Waals surface area (Å²) >= 11 is 0. The lowest BCUT2D eigenvalue weighted by molar-refractivity contribution is -0.120. The third-order valence-electron chi connectivity index (χ3n) is 3.19. The summed E-state index contributed by atoms with van der Waals surface area (Å²) in [5.41, 5.74) is 2.13. The van der Waals surface area contributed by atoms with Crippen molar-refractivity contribution in [3.05, 3.63) is 30.6 Å². The summed E-state index contributed by atoms with van der Waals surface area (Å²) in [6.45, 7) is 3.14. The molecule has 1 aromatic heterocycles. The van der Waals surface area contributed by atoms with Gasteiger partial charge >= 0.3 is 0 Å². The van der Waals surface area contributed by atoms with Crippen molar-refractivity contribution in [3.8, 4) is 0 Å². The Morgan fingerprint density at radius 2 is 2.19 bits per heavy atom. The van der Waals surface area contributed by atoms with E-state index in [1.165, 1.54) is 0 Å². The van der Waals surface area contributed by atoms with E-state index in [0.717, 1.165) is 24.0 Å². The van der Waals surface area contributed by atoms with Crippen LogP contribution in [-0.2, 0) is 16.1 Å². The van der Waals surface area contributed by atoms with Crippen LogP contribution >= 0.6 is 0 Å². The molecule has 2 N–H and O–H groups in total. The summed E-state index contributed by atoms with van der Waals surface area (Å²) in [7, 11) is 1.64. The number of hydrogen-bond acceptors (Lipinski definition) is 4. The molecule has 21 heavy (non-hydrogen) atoms. The topological polar surface area (TPSA) is 68.2 Å². The smallest absolute Gasteiger partial charge is 0.233 e. The Balaban J connectivity index is 1.64. The van der Waals surface area contributed by atoms with Gasteiger partial charge in [0, 0.05) is 26.7 Å². The Morgan fingerprint density at radius 3 is 3.05 bits per heavy atom. The summed E-state index contributed by atoms with van der Waals surface area (Å²) in [4.78, 5) is 15.9. The predicted octanol–water partition coefficient (Wildman–Crippen LogP) is 0.779. The first-order valence-electron chi connectivity index (χ1n) is 7.17. The Kier molecular flexibility index (Phi) is 6.18. The second kappa shape index (κ2) is 8.39. The van der Waals surface area contributed by atoms with Gasteiger partial charge in [-0.25, -0.2) is 4.98 Å². The Bertz CT molecular complexity index is 568. The van der Waals surface area contributed by atoms with Crippen molar-refractivity contribution in [2.24, 2.45) is 0 Å². The number of nitrogens with zero attached hydrogens (tertiary/aromatic N) is 2. The van der Waals surface area contributed by atoms with Gasteiger partial charge in [-0.15, -0.1) is 0 Å². The molecule has 0 radical (unpaired) electrons. The molecule has 0 aliphatic heterocycles. The van der Waals surface area contributed by atoms with Gasteiger partial charge in [0.05, 0.1) is 30.5 Å². The Hall–Kier alpha value is -1.92. The van der Waals surface area contributed by atoms with E-state index >= 15 is 0 Å². The fraction of sp³-hybridized carbons (Fsp3) is 0.467. The van der Waals surface area contributed by atoms with Crippen LogP contribution in [0.5, 0.6) is 0 Å². The summed E-state index contributed by atoms with van der Waals surface area (Å²) in [5.74, 6) is 0.0154. The van der Waals surface area contributed by atoms with Crippen molar-refractivity contribution in [1.82, 2.24) is 20.2 Å². The van der Waals surface area contributed by atoms with Crippen LogP contribution in [0.15, 0.2) is 30.6 Å². The predicted molar refractivity (Wildman–Crippen MR) is 82.1 cm³/mol. The summed E-state index contributed by atoms with van der Waals surface area (Å²) in [5, 5.41) is 5.91. The first-order chi connectivity index (χ1) is 10.3. The molecule has 0 spiro atoms. The monoisotopic (exact) mass is 290 g/mol. The number of fused-ring (bicyclic) bond motifs is 1. The SMILES string of the molecule is COCCNCC(=O)NCCCn1cnc2ccccc21. The van der Waals surface area contributed by atoms with Crippen molar-refractivity contribution in [2.45, 2.75) is 13.0 Å². The number of rotatable bonds is 9. The molecule has 114 valence electrons. The van der Waals surface area contributed by atoms with Gasteiger partial charge in [-0.2, -0.15) is 0 Å². The van der Waals surface area contributed by atoms with E-state index in [0.29, 0.717) is 26.2 Å². The third kappa shape index (κ3) is 4.84. The van der Waals surface area contributed by atoms with Crippen molar-refractivity contribution < 1.29 is 9.53 Å². The number of hydrogen-bond donors (Lipinski definition) is 2. The molecule has 1 amide bonds. The van der Waals surface area contributed by atoms with Crippen LogP contribution in [0.1, 0.15) is 6.42 Å². The molecule has 0 saturated heterocycles. The lowest BCUT2D eigenvalue weighted by atomic mass is 10.3. The van der Waals surface area contributed by atoms with Crippen LogP contribution in [0.4, 0.5) is 0 Å². The number of benzene rings is 1. The molecule has 2 aromatic rings. The van der Waals surface area contributed by atoms with Gasteiger partial charge in [-0.1, -0.05) is 12.1 Å². The number of ether oxygens (including phenoxy) is 1. The number of imidazole rings is 1. The van der Waals surface area contributed by atoms with E-state index in [4.69, 9.17) is 4.74 Å². The maximum atomic E-state index is 11.5. The number of aryl methyl sites for hydroxylation is 1. The van der Waals surface area contributed by atoms with Crippen LogP contribution in [-0.4, -0.2) is 48.8 Å². The second-order valence-electron chi connectivity index (χ2n) is 4.80. The molecule has 0 saturated carbocycles. The minimum absolute atomic E-state index is 0.0154. The first-order valence-corrected chi connectivity index (χ1v) is 7.17. The van der Waals surface area contributed by atoms with Gasteiger partial charge in [0.25, 0.3) is 0 Å². The van der Waals surface area contributed by atoms with Gasteiger partial charge in [-0.3, -0.25) is 4.79 Å². The van der Waals surface area contributed by atoms with Crippen LogP contribution in [0.25, 0.3) is 11.0 Å². The van der Waals surface area contributed by atoms with E-state index in [-0.39, 0.29) is 5.91 Å². The van der Waals surface area contributed by atoms with Crippen LogP contribution in [0.2, 0.25) is 0 Å². The zero-order chi connectivity index (χ0) is 14.9. The van der Waals surface area contributed by atoms with Crippen molar-refractivity contribution in [2.75, 3.05) is 33.4 Å². The highest BCUT2D eigenvalue weighted by atomic mass is 16.5. The molecule has 0 atom stereocenters. The number of nitrogens with one attached hydrogen (secondary N) is 2. The van der Waals surface area contributed by atoms with E-state index in [9.17, 15) is 4.79 Å². The molecule has 0 aliphatic rings. The van der Waals surface area contributed by atoms with Gasteiger partial charge in [-0.05, 0) is 18.6 Å². The molecule has 0 fully saturated rings. The molecular weight excluding hydrogens is 268 g/mol. The van der Waals surface area contributed by atoms with E-state index in [1.54, 1.807) is 7.11 Å². The molecule has 2 rings (SSSR count). The Labute approximate surface area is 124 Å². The average Bonchev–Trinajstić information content (AvgIpc) is 2.91. The van der Waals surface area contributed by atoms with Gasteiger partial charge in [0.15, 0.2) is 0 Å². The summed E-state index contributed by atoms with van der Waals surface area (Å²) in [6.07, 6.45) is 2.73. The number of carbonyl (C=O) groups is 1. The van der Waals surface area contributed by atoms with Crippen molar-refractivity contribution in [3.63, 3.8) is 0 Å². The molecule has 0 aliphatic carbocycles. The minimum Gasteiger partial charge on any atom is -0.383 e. The van der Waals surface area contributed by atoms with Crippen molar-refractivity contribution in [1.29, 1.82) is 0 Å². The second-order valence-corrected chi connectivity index (χ2v) is 4.80. The number of aromatic nitrogens is 2. The highest BCUT2D eigenvalue weighted by Crippen LogP contribution is 2.11. The summed E-state index contributed by atoms with van der Waals surface area (Å²) < 4.78 is 7.01. The van der Waals surface area contributed by atoms with Gasteiger partial charge in [0.1, 0.15) is 0 Å². The first kappa shape index (κ1) is 15.5. The molecular formula is C15H22N4O2. The average molecular weight is 290 g/mol. The summed E-state index contributed by atoms with van der Waals surface area (Å²) in [6, 6.07) is 8.05. The van der Waals surface area contributed by atoms with E-state index < -0.39 is 0 Å². The number of amides is 1. The number of para-hydroxylation sites is 2. The van der Waals surface area contributed by atoms with Crippen LogP contribution in [0, 0.1) is 0 Å². The van der Waals surface area contributed by atoms with Crippen LogP contribution < -0.4 is 10.6 Å². The standard InChI is InChI=1S/C15H22N4O2/c1-21-10-8-16-11-15(20)17-7-4-9-19-12-18-13-5-2-3-6-14(13)19/h2-3,5-6,12,16H,4,7-11H2,1H3,(H,17,20). The fourth-order valence-corrected chi connectivity index (χ4v) is 2.10. The molecule has 1 heterocycles. The fourth-order valence-electron chi connectivity index (χ4n) is 2.10. The highest BCUT2D eigenvalue weighted by Gasteiger charge is 2.02. The molecule has 0 unspecified atom stereocenters. The zero-order valence-corrected chi connectivity index (χ0v) is 12.3. The molecule has 6 heteroatoms. The lowest BCUT2D eigenvalue weighted by Gasteiger charge is -2.07. The molecule has 6 nitrogen and oxygen atoms in total. The lowest BCUT2D eigenvalue weighted by Crippen LogP contribution is -2.35. The molecule has 0 bridgehead atoms. The molecule has 1 aromatic carbocycles. The number of methoxy groups -OCH3 is 1.